The van der Waals surface area contributed by atoms with Crippen molar-refractivity contribution in [3.8, 4) is 5.75 Å². The summed E-state index contributed by atoms with van der Waals surface area (Å²) in [6.45, 7) is 0. The van der Waals surface area contributed by atoms with Gasteiger partial charge in [-0.1, -0.05) is 30.3 Å². The van der Waals surface area contributed by atoms with Crippen molar-refractivity contribution in [1.29, 1.82) is 0 Å². The van der Waals surface area contributed by atoms with Gasteiger partial charge in [-0.15, -0.1) is 0 Å². The monoisotopic (exact) mass is 291 g/mol. The Hall–Kier alpha value is -2.34. The molecule has 2 aromatic carbocycles. The van der Waals surface area contributed by atoms with Crippen molar-refractivity contribution in [2.75, 3.05) is 11.6 Å². The van der Waals surface area contributed by atoms with E-state index in [1.54, 1.807) is 36.4 Å². The third-order valence-corrected chi connectivity index (χ3v) is 2.89. The van der Waals surface area contributed by atoms with E-state index in [4.69, 9.17) is 4.18 Å². The highest BCUT2D eigenvalue weighted by Crippen LogP contribution is 2.21. The number of nitrogens with one attached hydrogen (secondary N) is 1. The summed E-state index contributed by atoms with van der Waals surface area (Å²) in [7, 11) is -3.69. The van der Waals surface area contributed by atoms with E-state index in [1.165, 1.54) is 12.1 Å². The standard InChI is InChI=1S/C14H13NO4S/c1-20(17,18)19-13-10-6-5-9-12(13)14(16)15-11-7-3-2-4-8-11/h2-10H,1H3,(H,15,16). The van der Waals surface area contributed by atoms with Crippen LogP contribution in [0.4, 0.5) is 5.69 Å². The lowest BCUT2D eigenvalue weighted by molar-refractivity contribution is 0.102. The maximum Gasteiger partial charge on any atom is 0.306 e. The van der Waals surface area contributed by atoms with E-state index in [0.29, 0.717) is 5.69 Å². The number of amides is 1. The molecule has 0 spiro atoms. The normalized spacial score (nSPS) is 10.8. The molecule has 0 aliphatic carbocycles. The molecule has 0 fully saturated rings. The molecule has 0 saturated heterocycles. The molecule has 5 nitrogen and oxygen atoms in total. The topological polar surface area (TPSA) is 72.5 Å². The number of anilines is 1. The van der Waals surface area contributed by atoms with Crippen molar-refractivity contribution < 1.29 is 17.4 Å². The molecule has 1 N–H and O–H groups in total. The van der Waals surface area contributed by atoms with Gasteiger partial charge in [0, 0.05) is 5.69 Å². The van der Waals surface area contributed by atoms with Crippen LogP contribution in [0.25, 0.3) is 0 Å². The Morgan fingerprint density at radius 3 is 2.25 bits per heavy atom. The van der Waals surface area contributed by atoms with Crippen molar-refractivity contribution in [2.24, 2.45) is 0 Å². The molecule has 104 valence electrons. The zero-order valence-electron chi connectivity index (χ0n) is 10.7. The Morgan fingerprint density at radius 1 is 1.00 bits per heavy atom. The van der Waals surface area contributed by atoms with E-state index in [1.807, 2.05) is 6.07 Å². The summed E-state index contributed by atoms with van der Waals surface area (Å²) in [6, 6.07) is 15.0. The molecule has 1 amide bonds. The number of para-hydroxylation sites is 2. The van der Waals surface area contributed by atoms with Gasteiger partial charge >= 0.3 is 10.1 Å². The molecule has 0 aliphatic rings. The predicted molar refractivity (Wildman–Crippen MR) is 76.3 cm³/mol. The van der Waals surface area contributed by atoms with Gasteiger partial charge < -0.3 is 9.50 Å². The summed E-state index contributed by atoms with van der Waals surface area (Å²) in [6.07, 6.45) is 0.929. The number of carbonyl (C=O) groups excluding carboxylic acids is 1. The maximum absolute atomic E-state index is 12.1. The third-order valence-electron chi connectivity index (χ3n) is 2.40. The van der Waals surface area contributed by atoms with Crippen molar-refractivity contribution in [3.63, 3.8) is 0 Å². The number of carbonyl (C=O) groups is 1. The molecule has 0 aromatic heterocycles. The fourth-order valence-electron chi connectivity index (χ4n) is 1.61. The van der Waals surface area contributed by atoms with E-state index < -0.39 is 16.0 Å². The lowest BCUT2D eigenvalue weighted by atomic mass is 10.2. The number of benzene rings is 2. The summed E-state index contributed by atoms with van der Waals surface area (Å²) in [5, 5.41) is 2.67. The first-order chi connectivity index (χ1) is 9.46. The van der Waals surface area contributed by atoms with Crippen molar-refractivity contribution >= 4 is 21.7 Å². The van der Waals surface area contributed by atoms with Crippen LogP contribution in [0.2, 0.25) is 0 Å². The number of rotatable bonds is 4. The van der Waals surface area contributed by atoms with Crippen LogP contribution in [0, 0.1) is 0 Å². The molecule has 0 radical (unpaired) electrons. The zero-order chi connectivity index (χ0) is 14.6. The molecule has 0 aliphatic heterocycles. The first-order valence-electron chi connectivity index (χ1n) is 5.80. The molecule has 0 bridgehead atoms. The van der Waals surface area contributed by atoms with Gasteiger partial charge in [-0.3, -0.25) is 4.79 Å². The quantitative estimate of drug-likeness (QED) is 0.877. The van der Waals surface area contributed by atoms with E-state index in [9.17, 15) is 13.2 Å². The average molecular weight is 291 g/mol. The van der Waals surface area contributed by atoms with Gasteiger partial charge in [-0.2, -0.15) is 8.42 Å². The molecule has 0 heterocycles. The van der Waals surface area contributed by atoms with Gasteiger partial charge in [0.25, 0.3) is 5.91 Å². The second kappa shape index (κ2) is 5.75. The van der Waals surface area contributed by atoms with Gasteiger partial charge in [0.1, 0.15) is 0 Å². The van der Waals surface area contributed by atoms with Crippen LogP contribution in [-0.2, 0) is 10.1 Å². The lowest BCUT2D eigenvalue weighted by Crippen LogP contribution is -2.15. The van der Waals surface area contributed by atoms with E-state index in [2.05, 4.69) is 5.32 Å². The van der Waals surface area contributed by atoms with Gasteiger partial charge in [0.05, 0.1) is 11.8 Å². The van der Waals surface area contributed by atoms with Gasteiger partial charge in [0.15, 0.2) is 5.75 Å². The summed E-state index contributed by atoms with van der Waals surface area (Å²) in [5.41, 5.74) is 0.772. The fourth-order valence-corrected chi connectivity index (χ4v) is 2.08. The molecule has 6 heteroatoms. The van der Waals surface area contributed by atoms with E-state index in [0.717, 1.165) is 6.26 Å². The van der Waals surface area contributed by atoms with Crippen LogP contribution in [0.3, 0.4) is 0 Å². The lowest BCUT2D eigenvalue weighted by Gasteiger charge is -2.09. The minimum atomic E-state index is -3.69. The maximum atomic E-state index is 12.1. The second-order valence-corrected chi connectivity index (χ2v) is 5.68. The Kier molecular flexibility index (Phi) is 4.05. The van der Waals surface area contributed by atoms with Gasteiger partial charge in [0.2, 0.25) is 0 Å². The zero-order valence-corrected chi connectivity index (χ0v) is 11.6. The first-order valence-corrected chi connectivity index (χ1v) is 7.62. The van der Waals surface area contributed by atoms with Crippen LogP contribution < -0.4 is 9.50 Å². The Balaban J connectivity index is 2.26. The summed E-state index contributed by atoms with van der Waals surface area (Å²) in [4.78, 5) is 12.1. The van der Waals surface area contributed by atoms with Gasteiger partial charge in [-0.05, 0) is 24.3 Å². The fraction of sp³-hybridized carbons (Fsp3) is 0.0714. The Labute approximate surface area is 117 Å². The highest BCUT2D eigenvalue weighted by Gasteiger charge is 2.15. The Bertz CT molecular complexity index is 711. The molecule has 2 aromatic rings. The average Bonchev–Trinajstić information content (AvgIpc) is 2.38. The van der Waals surface area contributed by atoms with Crippen molar-refractivity contribution in [2.45, 2.75) is 0 Å². The molecule has 2 rings (SSSR count). The van der Waals surface area contributed by atoms with Crippen molar-refractivity contribution in [3.05, 3.63) is 60.2 Å². The van der Waals surface area contributed by atoms with Crippen LogP contribution >= 0.6 is 0 Å². The van der Waals surface area contributed by atoms with E-state index in [-0.39, 0.29) is 11.3 Å². The van der Waals surface area contributed by atoms with E-state index >= 15 is 0 Å². The molecule has 0 atom stereocenters. The Morgan fingerprint density at radius 2 is 1.60 bits per heavy atom. The minimum absolute atomic E-state index is 0.00318. The first kappa shape index (κ1) is 14.1. The van der Waals surface area contributed by atoms with Crippen LogP contribution in [0.1, 0.15) is 10.4 Å². The van der Waals surface area contributed by atoms with Crippen LogP contribution in [0.15, 0.2) is 54.6 Å². The smallest absolute Gasteiger partial charge is 0.306 e. The second-order valence-electron chi connectivity index (χ2n) is 4.10. The van der Waals surface area contributed by atoms with Gasteiger partial charge in [-0.25, -0.2) is 0 Å². The summed E-state index contributed by atoms with van der Waals surface area (Å²) < 4.78 is 27.2. The number of hydrogen-bond acceptors (Lipinski definition) is 4. The molecular weight excluding hydrogens is 278 g/mol. The SMILES string of the molecule is CS(=O)(=O)Oc1ccccc1C(=O)Nc1ccccc1. The molecule has 0 unspecified atom stereocenters. The number of hydrogen-bond donors (Lipinski definition) is 1. The molecule has 20 heavy (non-hydrogen) atoms. The highest BCUT2D eigenvalue weighted by atomic mass is 32.2. The van der Waals surface area contributed by atoms with Crippen LogP contribution in [0.5, 0.6) is 5.75 Å². The summed E-state index contributed by atoms with van der Waals surface area (Å²) >= 11 is 0. The molecule has 0 saturated carbocycles. The van der Waals surface area contributed by atoms with Crippen molar-refractivity contribution in [1.82, 2.24) is 0 Å². The minimum Gasteiger partial charge on any atom is -0.382 e. The largest absolute Gasteiger partial charge is 0.382 e. The molecular formula is C14H13NO4S. The predicted octanol–water partition coefficient (Wildman–Crippen LogP) is 2.28. The highest BCUT2D eigenvalue weighted by molar-refractivity contribution is 7.86. The third kappa shape index (κ3) is 3.83. The summed E-state index contributed by atoms with van der Waals surface area (Å²) in [5.74, 6) is -0.432. The van der Waals surface area contributed by atoms with Crippen LogP contribution in [-0.4, -0.2) is 20.6 Å².